The molecule has 6 nitrogen and oxygen atoms in total. The Bertz CT molecular complexity index is 778. The van der Waals surface area contributed by atoms with Gasteiger partial charge in [0.25, 0.3) is 0 Å². The molecule has 2 fully saturated rings. The van der Waals surface area contributed by atoms with Crippen molar-refractivity contribution >= 4 is 33.0 Å². The van der Waals surface area contributed by atoms with Gasteiger partial charge in [-0.3, -0.25) is 9.59 Å². The van der Waals surface area contributed by atoms with E-state index >= 15 is 0 Å². The van der Waals surface area contributed by atoms with Gasteiger partial charge in [0.2, 0.25) is 11.8 Å². The molecule has 1 aromatic rings. The molecule has 0 aromatic carbocycles. The van der Waals surface area contributed by atoms with Crippen molar-refractivity contribution < 1.29 is 18.0 Å². The summed E-state index contributed by atoms with van der Waals surface area (Å²) in [6, 6.07) is 4.00. The number of carbonyl (C=O) groups is 2. The highest BCUT2D eigenvalue weighted by atomic mass is 32.2. The van der Waals surface area contributed by atoms with E-state index in [0.717, 1.165) is 4.88 Å². The van der Waals surface area contributed by atoms with Gasteiger partial charge in [0.15, 0.2) is 9.84 Å². The quantitative estimate of drug-likeness (QED) is 0.797. The van der Waals surface area contributed by atoms with Gasteiger partial charge in [-0.05, 0) is 25.5 Å². The first-order valence-corrected chi connectivity index (χ1v) is 10.4. The number of hydrogen-bond donors (Lipinski definition) is 0. The van der Waals surface area contributed by atoms with Crippen LogP contribution in [0.25, 0.3) is 0 Å². The van der Waals surface area contributed by atoms with Crippen molar-refractivity contribution in [2.24, 2.45) is 5.92 Å². The highest BCUT2D eigenvalue weighted by Gasteiger charge is 2.64. The summed E-state index contributed by atoms with van der Waals surface area (Å²) in [4.78, 5) is 29.7. The summed E-state index contributed by atoms with van der Waals surface area (Å²) in [5.74, 6) is -0.799. The molecule has 1 unspecified atom stereocenters. The second-order valence-corrected chi connectivity index (χ2v) is 10.6. The molecular formula is C16H22N2O4S2. The molecule has 0 bridgehead atoms. The summed E-state index contributed by atoms with van der Waals surface area (Å²) >= 11 is 1.63. The molecule has 2 aliphatic heterocycles. The van der Waals surface area contributed by atoms with Crippen LogP contribution in [0.5, 0.6) is 0 Å². The fraction of sp³-hybridized carbons (Fsp3) is 0.625. The van der Waals surface area contributed by atoms with Crippen molar-refractivity contribution in [2.45, 2.75) is 31.6 Å². The highest BCUT2D eigenvalue weighted by molar-refractivity contribution is 7.93. The van der Waals surface area contributed by atoms with E-state index in [-0.39, 0.29) is 30.7 Å². The number of likely N-dealkylation sites (tertiary alicyclic amines) is 1. The van der Waals surface area contributed by atoms with Crippen LogP contribution in [0.1, 0.15) is 23.1 Å². The van der Waals surface area contributed by atoms with Crippen LogP contribution in [-0.2, 0) is 26.0 Å². The topological polar surface area (TPSA) is 74.8 Å². The summed E-state index contributed by atoms with van der Waals surface area (Å²) < 4.78 is 24.0. The van der Waals surface area contributed by atoms with Gasteiger partial charge in [0.05, 0.1) is 18.2 Å². The largest absolute Gasteiger partial charge is 0.340 e. The lowest BCUT2D eigenvalue weighted by Gasteiger charge is -2.49. The lowest BCUT2D eigenvalue weighted by atomic mass is 9.82. The van der Waals surface area contributed by atoms with Gasteiger partial charge >= 0.3 is 0 Å². The Balaban J connectivity index is 1.77. The number of aryl methyl sites for hydroxylation is 1. The Hall–Kier alpha value is -1.41. The third-order valence-electron chi connectivity index (χ3n) is 5.16. The summed E-state index contributed by atoms with van der Waals surface area (Å²) in [7, 11) is -1.63. The van der Waals surface area contributed by atoms with E-state index in [9.17, 15) is 18.0 Å². The molecule has 0 aliphatic carbocycles. The van der Waals surface area contributed by atoms with Crippen molar-refractivity contribution in [2.75, 3.05) is 25.9 Å². The molecule has 2 aliphatic rings. The Morgan fingerprint density at radius 2 is 2.04 bits per heavy atom. The molecular weight excluding hydrogens is 348 g/mol. The number of thiophene rings is 1. The highest BCUT2D eigenvalue weighted by Crippen LogP contribution is 2.45. The number of sulfone groups is 1. The second kappa shape index (κ2) is 5.84. The number of nitrogens with zero attached hydrogens (tertiary/aromatic N) is 2. The van der Waals surface area contributed by atoms with Crippen LogP contribution in [0.15, 0.2) is 12.1 Å². The van der Waals surface area contributed by atoms with Crippen LogP contribution in [0.2, 0.25) is 0 Å². The van der Waals surface area contributed by atoms with E-state index in [1.165, 1.54) is 16.7 Å². The third kappa shape index (κ3) is 2.65. The van der Waals surface area contributed by atoms with Crippen LogP contribution in [0, 0.1) is 12.8 Å². The zero-order chi connectivity index (χ0) is 17.7. The van der Waals surface area contributed by atoms with Gasteiger partial charge < -0.3 is 9.80 Å². The van der Waals surface area contributed by atoms with Gasteiger partial charge in [0, 0.05) is 36.8 Å². The minimum Gasteiger partial charge on any atom is -0.340 e. The van der Waals surface area contributed by atoms with E-state index in [4.69, 9.17) is 0 Å². The normalized spacial score (nSPS) is 24.0. The van der Waals surface area contributed by atoms with E-state index in [0.29, 0.717) is 13.0 Å². The molecule has 0 radical (unpaired) electrons. The van der Waals surface area contributed by atoms with Crippen molar-refractivity contribution in [3.63, 3.8) is 0 Å². The molecule has 3 rings (SSSR count). The SMILES string of the molecule is CC(=O)N1CC2(C1)C(C(=O)N(C)Cc1ccc(C)s1)CCS2(=O)=O. The van der Waals surface area contributed by atoms with Gasteiger partial charge in [-0.2, -0.15) is 0 Å². The summed E-state index contributed by atoms with van der Waals surface area (Å²) in [6.07, 6.45) is 0.348. The van der Waals surface area contributed by atoms with Gasteiger partial charge in [0.1, 0.15) is 4.75 Å². The predicted octanol–water partition coefficient (Wildman–Crippen LogP) is 1.05. The van der Waals surface area contributed by atoms with Crippen LogP contribution >= 0.6 is 11.3 Å². The molecule has 1 spiro atoms. The number of carbonyl (C=O) groups excluding carboxylic acids is 2. The molecule has 0 N–H and O–H groups in total. The molecule has 24 heavy (non-hydrogen) atoms. The Labute approximate surface area is 146 Å². The van der Waals surface area contributed by atoms with Crippen LogP contribution < -0.4 is 0 Å². The lowest BCUT2D eigenvalue weighted by molar-refractivity contribution is -0.143. The average molecular weight is 370 g/mol. The Morgan fingerprint density at radius 3 is 2.58 bits per heavy atom. The monoisotopic (exact) mass is 370 g/mol. The van der Waals surface area contributed by atoms with Crippen molar-refractivity contribution in [1.82, 2.24) is 9.80 Å². The average Bonchev–Trinajstić information content (AvgIpc) is 2.96. The van der Waals surface area contributed by atoms with Gasteiger partial charge in [-0.15, -0.1) is 11.3 Å². The van der Waals surface area contributed by atoms with Crippen molar-refractivity contribution in [1.29, 1.82) is 0 Å². The van der Waals surface area contributed by atoms with Crippen LogP contribution in [-0.4, -0.2) is 60.7 Å². The number of hydrogen-bond acceptors (Lipinski definition) is 5. The molecule has 2 saturated heterocycles. The minimum absolute atomic E-state index is 0.0289. The Kier molecular flexibility index (Phi) is 4.24. The predicted molar refractivity (Wildman–Crippen MR) is 92.4 cm³/mol. The second-order valence-electron chi connectivity index (χ2n) is 6.81. The van der Waals surface area contributed by atoms with Gasteiger partial charge in [-0.1, -0.05) is 0 Å². The molecule has 2 amide bonds. The summed E-state index contributed by atoms with van der Waals surface area (Å²) in [5, 5.41) is 0. The van der Waals surface area contributed by atoms with E-state index in [1.807, 2.05) is 19.1 Å². The first kappa shape index (κ1) is 17.4. The van der Waals surface area contributed by atoms with E-state index in [1.54, 1.807) is 23.3 Å². The fourth-order valence-corrected chi connectivity index (χ4v) is 6.95. The smallest absolute Gasteiger partial charge is 0.227 e. The Morgan fingerprint density at radius 1 is 1.38 bits per heavy atom. The van der Waals surface area contributed by atoms with Gasteiger partial charge in [-0.25, -0.2) is 8.42 Å². The zero-order valence-electron chi connectivity index (χ0n) is 14.1. The maximum atomic E-state index is 12.9. The number of rotatable bonds is 3. The molecule has 1 aromatic heterocycles. The molecule has 3 heterocycles. The lowest BCUT2D eigenvalue weighted by Crippen LogP contribution is -2.69. The fourth-order valence-electron chi connectivity index (χ4n) is 3.69. The van der Waals surface area contributed by atoms with Crippen LogP contribution in [0.4, 0.5) is 0 Å². The summed E-state index contributed by atoms with van der Waals surface area (Å²) in [6.45, 7) is 4.22. The van der Waals surface area contributed by atoms with Crippen LogP contribution in [0.3, 0.4) is 0 Å². The maximum absolute atomic E-state index is 12.9. The summed E-state index contributed by atoms with van der Waals surface area (Å²) in [5.41, 5.74) is 0. The number of amides is 2. The standard InChI is InChI=1S/C16H22N2O4S2/c1-11-4-5-13(23-11)8-17(3)15(20)14-6-7-24(21,22)16(14)9-18(10-16)12(2)19/h4-5,14H,6-10H2,1-3H3. The molecule has 8 heteroatoms. The molecule has 1 atom stereocenters. The first-order valence-electron chi connectivity index (χ1n) is 7.94. The third-order valence-corrected chi connectivity index (χ3v) is 8.70. The van der Waals surface area contributed by atoms with Crippen molar-refractivity contribution in [3.8, 4) is 0 Å². The first-order chi connectivity index (χ1) is 11.2. The molecule has 132 valence electrons. The molecule has 0 saturated carbocycles. The van der Waals surface area contributed by atoms with Crippen molar-refractivity contribution in [3.05, 3.63) is 21.9 Å². The van der Waals surface area contributed by atoms with E-state index < -0.39 is 20.5 Å². The maximum Gasteiger partial charge on any atom is 0.227 e. The zero-order valence-corrected chi connectivity index (χ0v) is 15.7. The minimum atomic E-state index is -3.35. The van der Waals surface area contributed by atoms with E-state index in [2.05, 4.69) is 0 Å².